The molecule has 21 heavy (non-hydrogen) atoms. The maximum atomic E-state index is 12.0. The number of amides is 1. The number of hydrazine groups is 1. The molecule has 1 aromatic carbocycles. The zero-order valence-electron chi connectivity index (χ0n) is 11.1. The molecule has 0 fully saturated rings. The lowest BCUT2D eigenvalue weighted by atomic mass is 10.1. The van der Waals surface area contributed by atoms with E-state index < -0.39 is 0 Å². The third kappa shape index (κ3) is 4.60. The zero-order chi connectivity index (χ0) is 15.2. The third-order valence-corrected chi connectivity index (χ3v) is 3.26. The van der Waals surface area contributed by atoms with Crippen molar-refractivity contribution in [1.82, 2.24) is 10.3 Å². The van der Waals surface area contributed by atoms with Crippen molar-refractivity contribution in [2.75, 3.05) is 12.0 Å². The van der Waals surface area contributed by atoms with Crippen LogP contribution in [0, 0.1) is 0 Å². The summed E-state index contributed by atoms with van der Waals surface area (Å²) in [5, 5.41) is 3.71. The molecule has 0 aliphatic carbocycles. The van der Waals surface area contributed by atoms with E-state index >= 15 is 0 Å². The Hall–Kier alpha value is -1.82. The Balaban J connectivity index is 1.92. The number of benzene rings is 1. The van der Waals surface area contributed by atoms with Crippen LogP contribution in [0.2, 0.25) is 10.2 Å². The van der Waals surface area contributed by atoms with Gasteiger partial charge in [0.25, 0.3) is 5.91 Å². The average molecular weight is 325 g/mol. The largest absolute Gasteiger partial charge is 0.352 e. The summed E-state index contributed by atoms with van der Waals surface area (Å²) in [5.74, 6) is 5.37. The van der Waals surface area contributed by atoms with Gasteiger partial charge in [0.1, 0.15) is 11.0 Å². The number of nitrogens with zero attached hydrogens (tertiary/aromatic N) is 1. The van der Waals surface area contributed by atoms with Crippen molar-refractivity contribution >= 4 is 34.9 Å². The van der Waals surface area contributed by atoms with Gasteiger partial charge < -0.3 is 10.7 Å². The molecule has 0 radical (unpaired) electrons. The summed E-state index contributed by atoms with van der Waals surface area (Å²) in [4.78, 5) is 15.9. The summed E-state index contributed by atoms with van der Waals surface area (Å²) < 4.78 is 0. The van der Waals surface area contributed by atoms with Crippen LogP contribution in [0.3, 0.4) is 0 Å². The van der Waals surface area contributed by atoms with Gasteiger partial charge in [0.2, 0.25) is 0 Å². The number of hydrogen-bond acceptors (Lipinski definition) is 4. The number of halogens is 2. The van der Waals surface area contributed by atoms with E-state index in [1.165, 1.54) is 12.1 Å². The number of nitrogens with two attached hydrogens (primary N) is 1. The summed E-state index contributed by atoms with van der Waals surface area (Å²) in [6.45, 7) is 0.506. The molecular weight excluding hydrogens is 311 g/mol. The Kier molecular flexibility index (Phi) is 5.38. The van der Waals surface area contributed by atoms with E-state index in [0.29, 0.717) is 29.4 Å². The summed E-state index contributed by atoms with van der Waals surface area (Å²) in [6, 6.07) is 10.5. The second-order valence-corrected chi connectivity index (χ2v) is 5.16. The molecule has 0 spiro atoms. The van der Waals surface area contributed by atoms with Gasteiger partial charge in [-0.1, -0.05) is 35.3 Å². The molecule has 0 bridgehead atoms. The van der Waals surface area contributed by atoms with Crippen molar-refractivity contribution in [3.63, 3.8) is 0 Å². The quantitative estimate of drug-likeness (QED) is 0.448. The van der Waals surface area contributed by atoms with Crippen molar-refractivity contribution in [3.8, 4) is 0 Å². The molecule has 110 valence electrons. The fourth-order valence-corrected chi connectivity index (χ4v) is 2.11. The van der Waals surface area contributed by atoms with E-state index in [2.05, 4.69) is 15.7 Å². The van der Waals surface area contributed by atoms with Crippen molar-refractivity contribution in [1.29, 1.82) is 0 Å². The molecule has 1 amide bonds. The number of anilines is 1. The lowest BCUT2D eigenvalue weighted by Crippen LogP contribution is -2.26. The first-order chi connectivity index (χ1) is 10.1. The highest BCUT2D eigenvalue weighted by Crippen LogP contribution is 2.14. The average Bonchev–Trinajstić information content (AvgIpc) is 2.48. The molecule has 0 atom stereocenters. The van der Waals surface area contributed by atoms with Gasteiger partial charge in [-0.25, -0.2) is 10.8 Å². The summed E-state index contributed by atoms with van der Waals surface area (Å²) >= 11 is 11.6. The van der Waals surface area contributed by atoms with E-state index in [1.54, 1.807) is 0 Å². The molecule has 0 aliphatic heterocycles. The molecule has 0 aliphatic rings. The molecule has 2 rings (SSSR count). The Labute approximate surface area is 132 Å². The fourth-order valence-electron chi connectivity index (χ4n) is 1.78. The molecule has 5 nitrogen and oxygen atoms in total. The van der Waals surface area contributed by atoms with E-state index in [0.717, 1.165) is 5.56 Å². The minimum Gasteiger partial charge on any atom is -0.352 e. The van der Waals surface area contributed by atoms with Gasteiger partial charge in [0.05, 0.1) is 0 Å². The SMILES string of the molecule is NNc1cc(C(=O)NCCc2ccc(Cl)cc2)cc(Cl)n1. The lowest BCUT2D eigenvalue weighted by Gasteiger charge is -2.07. The number of nitrogens with one attached hydrogen (secondary N) is 2. The van der Waals surface area contributed by atoms with Crippen LogP contribution in [0.15, 0.2) is 36.4 Å². The number of hydrogen-bond donors (Lipinski definition) is 3. The van der Waals surface area contributed by atoms with Crippen molar-refractivity contribution in [3.05, 3.63) is 57.7 Å². The highest BCUT2D eigenvalue weighted by Gasteiger charge is 2.08. The van der Waals surface area contributed by atoms with Gasteiger partial charge in [-0.2, -0.15) is 0 Å². The first kappa shape index (κ1) is 15.6. The number of carbonyl (C=O) groups excluding carboxylic acids is 1. The van der Waals surface area contributed by atoms with Crippen molar-refractivity contribution < 1.29 is 4.79 Å². The Morgan fingerprint density at radius 3 is 2.57 bits per heavy atom. The van der Waals surface area contributed by atoms with Gasteiger partial charge in [-0.3, -0.25) is 4.79 Å². The van der Waals surface area contributed by atoms with Gasteiger partial charge in [-0.15, -0.1) is 0 Å². The van der Waals surface area contributed by atoms with Gasteiger partial charge in [-0.05, 0) is 36.2 Å². The maximum absolute atomic E-state index is 12.0. The summed E-state index contributed by atoms with van der Waals surface area (Å²) in [6.07, 6.45) is 0.712. The van der Waals surface area contributed by atoms with Gasteiger partial charge in [0, 0.05) is 17.1 Å². The monoisotopic (exact) mass is 324 g/mol. The second-order valence-electron chi connectivity index (χ2n) is 4.34. The molecule has 7 heteroatoms. The van der Waals surface area contributed by atoms with E-state index in [1.807, 2.05) is 24.3 Å². The van der Waals surface area contributed by atoms with Crippen LogP contribution in [-0.4, -0.2) is 17.4 Å². The van der Waals surface area contributed by atoms with Crippen LogP contribution in [0.5, 0.6) is 0 Å². The van der Waals surface area contributed by atoms with Gasteiger partial charge in [0.15, 0.2) is 0 Å². The summed E-state index contributed by atoms with van der Waals surface area (Å²) in [7, 11) is 0. The van der Waals surface area contributed by atoms with Crippen LogP contribution >= 0.6 is 23.2 Å². The minimum absolute atomic E-state index is 0.202. The standard InChI is InChI=1S/C14H14Cl2N4O/c15-11-3-1-9(2-4-11)5-6-18-14(21)10-7-12(16)19-13(8-10)20-17/h1-4,7-8H,5-6,17H2,(H,18,21)(H,19,20). The van der Waals surface area contributed by atoms with Crippen LogP contribution in [0.25, 0.3) is 0 Å². The number of aromatic nitrogens is 1. The first-order valence-electron chi connectivity index (χ1n) is 6.25. The van der Waals surface area contributed by atoms with Crippen LogP contribution in [0.1, 0.15) is 15.9 Å². The normalized spacial score (nSPS) is 10.2. The van der Waals surface area contributed by atoms with E-state index in [9.17, 15) is 4.79 Å². The van der Waals surface area contributed by atoms with E-state index in [-0.39, 0.29) is 11.1 Å². The number of pyridine rings is 1. The molecule has 1 aromatic heterocycles. The highest BCUT2D eigenvalue weighted by molar-refractivity contribution is 6.30. The molecule has 0 saturated heterocycles. The minimum atomic E-state index is -0.232. The number of nitrogen functional groups attached to an aromatic ring is 1. The molecule has 0 saturated carbocycles. The summed E-state index contributed by atoms with van der Waals surface area (Å²) in [5.41, 5.74) is 3.86. The maximum Gasteiger partial charge on any atom is 0.251 e. The Bertz CT molecular complexity index is 631. The van der Waals surface area contributed by atoms with Gasteiger partial charge >= 0.3 is 0 Å². The molecule has 1 heterocycles. The second kappa shape index (κ2) is 7.26. The Morgan fingerprint density at radius 2 is 1.90 bits per heavy atom. The van der Waals surface area contributed by atoms with Crippen molar-refractivity contribution in [2.45, 2.75) is 6.42 Å². The number of rotatable bonds is 5. The topological polar surface area (TPSA) is 80.0 Å². The predicted molar refractivity (Wildman–Crippen MR) is 84.5 cm³/mol. The Morgan fingerprint density at radius 1 is 1.19 bits per heavy atom. The number of carbonyl (C=O) groups is 1. The van der Waals surface area contributed by atoms with Crippen LogP contribution < -0.4 is 16.6 Å². The first-order valence-corrected chi connectivity index (χ1v) is 7.01. The molecular formula is C14H14Cl2N4O. The molecule has 0 unspecified atom stereocenters. The predicted octanol–water partition coefficient (Wildman–Crippen LogP) is 2.65. The van der Waals surface area contributed by atoms with Crippen molar-refractivity contribution in [2.24, 2.45) is 5.84 Å². The molecule has 2 aromatic rings. The smallest absolute Gasteiger partial charge is 0.251 e. The van der Waals surface area contributed by atoms with Crippen LogP contribution in [-0.2, 0) is 6.42 Å². The van der Waals surface area contributed by atoms with E-state index in [4.69, 9.17) is 29.0 Å². The third-order valence-electron chi connectivity index (χ3n) is 2.82. The van der Waals surface area contributed by atoms with Crippen LogP contribution in [0.4, 0.5) is 5.82 Å². The fraction of sp³-hybridized carbons (Fsp3) is 0.143. The zero-order valence-corrected chi connectivity index (χ0v) is 12.6. The molecule has 4 N–H and O–H groups in total. The highest BCUT2D eigenvalue weighted by atomic mass is 35.5. The lowest BCUT2D eigenvalue weighted by molar-refractivity contribution is 0.0954.